The van der Waals surface area contributed by atoms with Gasteiger partial charge in [-0.1, -0.05) is 12.1 Å². The first-order valence-corrected chi connectivity index (χ1v) is 5.97. The van der Waals surface area contributed by atoms with Gasteiger partial charge >= 0.3 is 0 Å². The van der Waals surface area contributed by atoms with Gasteiger partial charge in [-0.05, 0) is 25.6 Å². The van der Waals surface area contributed by atoms with E-state index in [2.05, 4.69) is 4.90 Å². The Bertz CT molecular complexity index is 356. The molecular weight excluding hydrogens is 218 g/mol. The number of hydrogen-bond donors (Lipinski definition) is 1. The van der Waals surface area contributed by atoms with E-state index in [4.69, 9.17) is 14.6 Å². The van der Waals surface area contributed by atoms with Crippen LogP contribution in [0.25, 0.3) is 0 Å². The van der Waals surface area contributed by atoms with E-state index < -0.39 is 0 Å². The van der Waals surface area contributed by atoms with E-state index in [0.717, 1.165) is 31.0 Å². The summed E-state index contributed by atoms with van der Waals surface area (Å²) < 4.78 is 11.5. The number of likely N-dealkylation sites (N-methyl/N-ethyl adjacent to an activating group) is 1. The summed E-state index contributed by atoms with van der Waals surface area (Å²) in [5.74, 6) is 1.64. The van der Waals surface area contributed by atoms with Gasteiger partial charge in [0, 0.05) is 19.7 Å². The van der Waals surface area contributed by atoms with E-state index in [1.165, 1.54) is 0 Å². The van der Waals surface area contributed by atoms with Crippen LogP contribution in [0.15, 0.2) is 24.3 Å². The second kappa shape index (κ2) is 5.89. The minimum Gasteiger partial charge on any atom is -0.486 e. The van der Waals surface area contributed by atoms with Crippen molar-refractivity contribution in [2.24, 2.45) is 0 Å². The highest BCUT2D eigenvalue weighted by molar-refractivity contribution is 5.40. The SMILES string of the molecule is CN(CCCO)CC1COc2ccccc2O1. The third kappa shape index (κ3) is 3.35. The van der Waals surface area contributed by atoms with Crippen LogP contribution >= 0.6 is 0 Å². The van der Waals surface area contributed by atoms with Crippen LogP contribution in [0, 0.1) is 0 Å². The quantitative estimate of drug-likeness (QED) is 0.834. The zero-order valence-corrected chi connectivity index (χ0v) is 10.1. The number of benzene rings is 1. The summed E-state index contributed by atoms with van der Waals surface area (Å²) in [6, 6.07) is 7.73. The molecular formula is C13H19NO3. The number of nitrogens with zero attached hydrogens (tertiary/aromatic N) is 1. The van der Waals surface area contributed by atoms with E-state index in [9.17, 15) is 0 Å². The van der Waals surface area contributed by atoms with Gasteiger partial charge in [-0.15, -0.1) is 0 Å². The van der Waals surface area contributed by atoms with Crippen LogP contribution in [-0.2, 0) is 0 Å². The largest absolute Gasteiger partial charge is 0.486 e. The molecule has 17 heavy (non-hydrogen) atoms. The molecule has 4 heteroatoms. The van der Waals surface area contributed by atoms with Crippen LogP contribution in [0.3, 0.4) is 0 Å². The van der Waals surface area contributed by atoms with Crippen LogP contribution in [0.2, 0.25) is 0 Å². The number of hydrogen-bond acceptors (Lipinski definition) is 4. The van der Waals surface area contributed by atoms with Gasteiger partial charge in [0.25, 0.3) is 0 Å². The highest BCUT2D eigenvalue weighted by Gasteiger charge is 2.21. The standard InChI is InChI=1S/C13H19NO3/c1-14(7-4-8-15)9-11-10-16-12-5-2-3-6-13(12)17-11/h2-3,5-6,11,15H,4,7-10H2,1H3. The number of rotatable bonds is 5. The van der Waals surface area contributed by atoms with Crippen molar-refractivity contribution >= 4 is 0 Å². The highest BCUT2D eigenvalue weighted by atomic mass is 16.6. The molecule has 1 heterocycles. The van der Waals surface area contributed by atoms with Crippen LogP contribution < -0.4 is 9.47 Å². The average molecular weight is 237 g/mol. The molecule has 1 N–H and O–H groups in total. The van der Waals surface area contributed by atoms with E-state index in [0.29, 0.717) is 6.61 Å². The van der Waals surface area contributed by atoms with Gasteiger partial charge in [0.15, 0.2) is 11.5 Å². The molecule has 0 saturated heterocycles. The van der Waals surface area contributed by atoms with Crippen LogP contribution in [0.1, 0.15) is 6.42 Å². The summed E-state index contributed by atoms with van der Waals surface area (Å²) in [7, 11) is 2.03. The third-order valence-corrected chi connectivity index (χ3v) is 2.78. The Kier molecular flexibility index (Phi) is 4.23. The number of ether oxygens (including phenoxy) is 2. The Morgan fingerprint density at radius 1 is 1.35 bits per heavy atom. The number of aliphatic hydroxyl groups is 1. The van der Waals surface area contributed by atoms with Crippen LogP contribution in [0.4, 0.5) is 0 Å². The minimum absolute atomic E-state index is 0.0635. The second-order valence-corrected chi connectivity index (χ2v) is 4.34. The maximum Gasteiger partial charge on any atom is 0.161 e. The molecule has 0 amide bonds. The average Bonchev–Trinajstić information content (AvgIpc) is 2.36. The van der Waals surface area contributed by atoms with Gasteiger partial charge in [-0.3, -0.25) is 0 Å². The van der Waals surface area contributed by atoms with Crippen molar-refractivity contribution in [1.29, 1.82) is 0 Å². The first-order chi connectivity index (χ1) is 8.29. The maximum absolute atomic E-state index is 8.77. The normalized spacial score (nSPS) is 18.4. The fraction of sp³-hybridized carbons (Fsp3) is 0.538. The molecule has 1 aromatic rings. The molecule has 4 nitrogen and oxygen atoms in total. The summed E-state index contributed by atoms with van der Waals surface area (Å²) in [5.41, 5.74) is 0. The van der Waals surface area contributed by atoms with Crippen molar-refractivity contribution in [3.63, 3.8) is 0 Å². The monoisotopic (exact) mass is 237 g/mol. The summed E-state index contributed by atoms with van der Waals surface area (Å²) in [4.78, 5) is 2.15. The van der Waals surface area contributed by atoms with Gasteiger partial charge in [-0.25, -0.2) is 0 Å². The molecule has 1 aliphatic rings. The Morgan fingerprint density at radius 3 is 2.88 bits per heavy atom. The first-order valence-electron chi connectivity index (χ1n) is 5.97. The molecule has 2 rings (SSSR count). The zero-order chi connectivity index (χ0) is 12.1. The lowest BCUT2D eigenvalue weighted by molar-refractivity contribution is 0.0640. The molecule has 0 radical (unpaired) electrons. The smallest absolute Gasteiger partial charge is 0.161 e. The molecule has 0 bridgehead atoms. The van der Waals surface area contributed by atoms with Gasteiger partial charge in [0.2, 0.25) is 0 Å². The van der Waals surface area contributed by atoms with Gasteiger partial charge in [-0.2, -0.15) is 0 Å². The number of fused-ring (bicyclic) bond motifs is 1. The summed E-state index contributed by atoms with van der Waals surface area (Å²) in [6.07, 6.45) is 0.856. The highest BCUT2D eigenvalue weighted by Crippen LogP contribution is 2.30. The fourth-order valence-electron chi connectivity index (χ4n) is 1.93. The number of para-hydroxylation sites is 2. The predicted octanol–water partition coefficient (Wildman–Crippen LogP) is 1.14. The Labute approximate surface area is 102 Å². The van der Waals surface area contributed by atoms with Crippen molar-refractivity contribution in [1.82, 2.24) is 4.90 Å². The lowest BCUT2D eigenvalue weighted by atomic mass is 10.2. The molecule has 1 atom stereocenters. The molecule has 0 spiro atoms. The third-order valence-electron chi connectivity index (χ3n) is 2.78. The molecule has 0 aliphatic carbocycles. The first kappa shape index (κ1) is 12.2. The van der Waals surface area contributed by atoms with Gasteiger partial charge in [0.1, 0.15) is 12.7 Å². The van der Waals surface area contributed by atoms with Crippen molar-refractivity contribution in [2.45, 2.75) is 12.5 Å². The van der Waals surface area contributed by atoms with E-state index in [1.807, 2.05) is 31.3 Å². The summed E-state index contributed by atoms with van der Waals surface area (Å²) in [5, 5.41) is 8.77. The van der Waals surface area contributed by atoms with Crippen LogP contribution in [-0.4, -0.2) is 49.5 Å². The Balaban J connectivity index is 1.85. The van der Waals surface area contributed by atoms with Crippen LogP contribution in [0.5, 0.6) is 11.5 Å². The fourth-order valence-corrected chi connectivity index (χ4v) is 1.93. The summed E-state index contributed by atoms with van der Waals surface area (Å²) >= 11 is 0. The van der Waals surface area contributed by atoms with Crippen molar-refractivity contribution in [3.05, 3.63) is 24.3 Å². The Morgan fingerprint density at radius 2 is 2.12 bits per heavy atom. The molecule has 1 aliphatic heterocycles. The van der Waals surface area contributed by atoms with E-state index >= 15 is 0 Å². The topological polar surface area (TPSA) is 41.9 Å². The second-order valence-electron chi connectivity index (χ2n) is 4.34. The van der Waals surface area contributed by atoms with Crippen molar-refractivity contribution < 1.29 is 14.6 Å². The number of aliphatic hydroxyl groups excluding tert-OH is 1. The zero-order valence-electron chi connectivity index (χ0n) is 10.1. The molecule has 1 unspecified atom stereocenters. The molecule has 0 saturated carbocycles. The molecule has 1 aromatic carbocycles. The van der Waals surface area contributed by atoms with E-state index in [-0.39, 0.29) is 12.7 Å². The predicted molar refractivity (Wildman–Crippen MR) is 65.6 cm³/mol. The lowest BCUT2D eigenvalue weighted by Gasteiger charge is -2.29. The van der Waals surface area contributed by atoms with Gasteiger partial charge < -0.3 is 19.5 Å². The minimum atomic E-state index is 0.0635. The lowest BCUT2D eigenvalue weighted by Crippen LogP contribution is -2.39. The molecule has 94 valence electrons. The van der Waals surface area contributed by atoms with Crippen molar-refractivity contribution in [2.75, 3.05) is 33.4 Å². The van der Waals surface area contributed by atoms with Crippen molar-refractivity contribution in [3.8, 4) is 11.5 Å². The Hall–Kier alpha value is -1.26. The molecule has 0 aromatic heterocycles. The maximum atomic E-state index is 8.77. The molecule has 0 fully saturated rings. The summed E-state index contributed by atoms with van der Waals surface area (Å²) in [6.45, 7) is 2.50. The van der Waals surface area contributed by atoms with Gasteiger partial charge in [0.05, 0.1) is 0 Å². The van der Waals surface area contributed by atoms with E-state index in [1.54, 1.807) is 0 Å².